The van der Waals surface area contributed by atoms with Crippen LogP contribution in [0.1, 0.15) is 16.1 Å². The van der Waals surface area contributed by atoms with Gasteiger partial charge in [0, 0.05) is 14.1 Å². The quantitative estimate of drug-likeness (QED) is 0.797. The number of benzene rings is 1. The largest absolute Gasteiger partial charge is 0.363 e. The van der Waals surface area contributed by atoms with Crippen LogP contribution < -0.4 is 10.2 Å². The number of nitrogens with one attached hydrogen (secondary N) is 1. The van der Waals surface area contributed by atoms with E-state index >= 15 is 0 Å². The van der Waals surface area contributed by atoms with Crippen molar-refractivity contribution in [2.24, 2.45) is 0 Å². The Bertz CT molecular complexity index is 871. The van der Waals surface area contributed by atoms with E-state index in [1.165, 1.54) is 0 Å². The van der Waals surface area contributed by atoms with Crippen molar-refractivity contribution in [3.8, 4) is 5.69 Å². The molecule has 122 valence electrons. The van der Waals surface area contributed by atoms with Crippen LogP contribution in [0.3, 0.4) is 0 Å². The van der Waals surface area contributed by atoms with E-state index < -0.39 is 0 Å². The molecule has 1 N–H and O–H groups in total. The van der Waals surface area contributed by atoms with Crippen LogP contribution in [0.4, 0.5) is 11.6 Å². The first-order valence-corrected chi connectivity index (χ1v) is 7.48. The van der Waals surface area contributed by atoms with Gasteiger partial charge >= 0.3 is 0 Å². The van der Waals surface area contributed by atoms with E-state index in [-0.39, 0.29) is 11.6 Å². The second-order valence-electron chi connectivity index (χ2n) is 5.62. The van der Waals surface area contributed by atoms with Crippen LogP contribution in [-0.2, 0) is 0 Å². The maximum absolute atomic E-state index is 12.3. The van der Waals surface area contributed by atoms with Crippen LogP contribution in [0.15, 0.2) is 48.7 Å². The highest BCUT2D eigenvalue weighted by molar-refractivity contribution is 6.02. The van der Waals surface area contributed by atoms with E-state index in [1.807, 2.05) is 62.3 Å². The highest BCUT2D eigenvalue weighted by Gasteiger charge is 2.13. The summed E-state index contributed by atoms with van der Waals surface area (Å²) in [5.41, 5.74) is 2.20. The molecule has 0 atom stereocenters. The Balaban J connectivity index is 1.78. The minimum Gasteiger partial charge on any atom is -0.363 e. The number of nitrogens with zero attached hydrogens (tertiary/aromatic N) is 5. The summed E-state index contributed by atoms with van der Waals surface area (Å²) in [4.78, 5) is 18.5. The molecule has 3 aromatic rings. The molecular formula is C17H18N6O. The Kier molecular flexibility index (Phi) is 4.24. The van der Waals surface area contributed by atoms with E-state index in [2.05, 4.69) is 20.6 Å². The lowest BCUT2D eigenvalue weighted by Crippen LogP contribution is -2.16. The van der Waals surface area contributed by atoms with Crippen molar-refractivity contribution < 1.29 is 4.79 Å². The SMILES string of the molecule is Cc1cccc(-n2cc(C(=O)Nc3cccc(N(C)C)n3)nn2)c1. The smallest absolute Gasteiger partial charge is 0.279 e. The molecule has 0 saturated carbocycles. The van der Waals surface area contributed by atoms with Crippen molar-refractivity contribution in [1.29, 1.82) is 0 Å². The minimum absolute atomic E-state index is 0.230. The van der Waals surface area contributed by atoms with Gasteiger partial charge in [-0.15, -0.1) is 5.10 Å². The molecule has 0 saturated heterocycles. The third kappa shape index (κ3) is 3.40. The van der Waals surface area contributed by atoms with Crippen molar-refractivity contribution in [1.82, 2.24) is 20.0 Å². The monoisotopic (exact) mass is 322 g/mol. The topological polar surface area (TPSA) is 75.9 Å². The number of aryl methyl sites for hydroxylation is 1. The Labute approximate surface area is 139 Å². The molecule has 7 heteroatoms. The molecule has 0 radical (unpaired) electrons. The molecule has 0 aliphatic rings. The Hall–Kier alpha value is -3.22. The summed E-state index contributed by atoms with van der Waals surface area (Å²) in [6.45, 7) is 2.00. The van der Waals surface area contributed by atoms with Gasteiger partial charge in [0.1, 0.15) is 11.6 Å². The van der Waals surface area contributed by atoms with Gasteiger partial charge in [0.05, 0.1) is 11.9 Å². The molecule has 0 aliphatic heterocycles. The number of anilines is 2. The normalized spacial score (nSPS) is 10.5. The van der Waals surface area contributed by atoms with Crippen molar-refractivity contribution in [3.63, 3.8) is 0 Å². The summed E-state index contributed by atoms with van der Waals surface area (Å²) in [7, 11) is 3.78. The van der Waals surface area contributed by atoms with Gasteiger partial charge in [-0.05, 0) is 36.8 Å². The van der Waals surface area contributed by atoms with Crippen molar-refractivity contribution in [2.75, 3.05) is 24.3 Å². The lowest BCUT2D eigenvalue weighted by Gasteiger charge is -2.12. The molecule has 0 spiro atoms. The van der Waals surface area contributed by atoms with E-state index in [0.29, 0.717) is 5.82 Å². The summed E-state index contributed by atoms with van der Waals surface area (Å²) >= 11 is 0. The Morgan fingerprint density at radius 1 is 1.17 bits per heavy atom. The first-order valence-electron chi connectivity index (χ1n) is 7.48. The minimum atomic E-state index is -0.350. The summed E-state index contributed by atoms with van der Waals surface area (Å²) in [6, 6.07) is 13.2. The summed E-state index contributed by atoms with van der Waals surface area (Å²) < 4.78 is 1.57. The molecule has 1 amide bonds. The highest BCUT2D eigenvalue weighted by atomic mass is 16.2. The molecule has 2 heterocycles. The van der Waals surface area contributed by atoms with Crippen LogP contribution in [0.5, 0.6) is 0 Å². The number of hydrogen-bond donors (Lipinski definition) is 1. The second-order valence-corrected chi connectivity index (χ2v) is 5.62. The number of rotatable bonds is 4. The molecule has 1 aromatic carbocycles. The molecule has 24 heavy (non-hydrogen) atoms. The van der Waals surface area contributed by atoms with Crippen LogP contribution in [0.2, 0.25) is 0 Å². The molecular weight excluding hydrogens is 304 g/mol. The number of amides is 1. The average molecular weight is 322 g/mol. The molecule has 0 fully saturated rings. The number of aromatic nitrogens is 4. The average Bonchev–Trinajstić information content (AvgIpc) is 3.05. The van der Waals surface area contributed by atoms with Crippen LogP contribution in [0.25, 0.3) is 5.69 Å². The summed E-state index contributed by atoms with van der Waals surface area (Å²) in [5, 5.41) is 10.7. The maximum Gasteiger partial charge on any atom is 0.279 e. The third-order valence-corrected chi connectivity index (χ3v) is 3.43. The van der Waals surface area contributed by atoms with Gasteiger partial charge in [0.25, 0.3) is 5.91 Å². The van der Waals surface area contributed by atoms with Gasteiger partial charge in [-0.1, -0.05) is 23.4 Å². The first-order chi connectivity index (χ1) is 11.5. The molecule has 0 unspecified atom stereocenters. The van der Waals surface area contributed by atoms with Gasteiger partial charge in [-0.2, -0.15) is 0 Å². The molecule has 0 bridgehead atoms. The molecule has 7 nitrogen and oxygen atoms in total. The van der Waals surface area contributed by atoms with Crippen LogP contribution >= 0.6 is 0 Å². The van der Waals surface area contributed by atoms with Crippen LogP contribution in [-0.4, -0.2) is 40.0 Å². The van der Waals surface area contributed by atoms with E-state index in [9.17, 15) is 4.79 Å². The van der Waals surface area contributed by atoms with Gasteiger partial charge in [0.15, 0.2) is 5.69 Å². The molecule has 3 rings (SSSR count). The van der Waals surface area contributed by atoms with Crippen LogP contribution in [0, 0.1) is 6.92 Å². The lowest BCUT2D eigenvalue weighted by atomic mass is 10.2. The number of hydrogen-bond acceptors (Lipinski definition) is 5. The fourth-order valence-electron chi connectivity index (χ4n) is 2.19. The van der Waals surface area contributed by atoms with Crippen molar-refractivity contribution in [2.45, 2.75) is 6.92 Å². The number of carbonyl (C=O) groups excluding carboxylic acids is 1. The van der Waals surface area contributed by atoms with Gasteiger partial charge < -0.3 is 10.2 Å². The van der Waals surface area contributed by atoms with Gasteiger partial charge in [-0.3, -0.25) is 4.79 Å². The fourth-order valence-corrected chi connectivity index (χ4v) is 2.19. The van der Waals surface area contributed by atoms with Gasteiger partial charge in [0.2, 0.25) is 0 Å². The van der Waals surface area contributed by atoms with E-state index in [4.69, 9.17) is 0 Å². The standard InChI is InChI=1S/C17H18N6O/c1-12-6-4-7-13(10-12)23-11-14(20-21-23)17(24)19-15-8-5-9-16(18-15)22(2)3/h4-11H,1-3H3,(H,18,19,24). The number of carbonyl (C=O) groups is 1. The molecule has 2 aromatic heterocycles. The number of pyridine rings is 1. The molecule has 0 aliphatic carbocycles. The first kappa shape index (κ1) is 15.7. The fraction of sp³-hybridized carbons (Fsp3) is 0.176. The third-order valence-electron chi connectivity index (χ3n) is 3.43. The van der Waals surface area contributed by atoms with Crippen molar-refractivity contribution in [3.05, 3.63) is 59.9 Å². The zero-order valence-corrected chi connectivity index (χ0v) is 13.8. The maximum atomic E-state index is 12.3. The predicted octanol–water partition coefficient (Wildman–Crippen LogP) is 2.29. The summed E-state index contributed by atoms with van der Waals surface area (Å²) in [6.07, 6.45) is 1.60. The summed E-state index contributed by atoms with van der Waals surface area (Å²) in [5.74, 6) is 0.879. The zero-order chi connectivity index (χ0) is 17.1. The van der Waals surface area contributed by atoms with Gasteiger partial charge in [-0.25, -0.2) is 9.67 Å². The van der Waals surface area contributed by atoms with E-state index in [0.717, 1.165) is 17.1 Å². The van der Waals surface area contributed by atoms with Crippen molar-refractivity contribution >= 4 is 17.5 Å². The zero-order valence-electron chi connectivity index (χ0n) is 13.8. The predicted molar refractivity (Wildman–Crippen MR) is 92.6 cm³/mol. The second kappa shape index (κ2) is 6.49. The lowest BCUT2D eigenvalue weighted by molar-refractivity contribution is 0.102. The van der Waals surface area contributed by atoms with E-state index in [1.54, 1.807) is 16.9 Å². The Morgan fingerprint density at radius 2 is 1.96 bits per heavy atom. The highest BCUT2D eigenvalue weighted by Crippen LogP contribution is 2.13. The Morgan fingerprint density at radius 3 is 2.71 bits per heavy atom.